The predicted molar refractivity (Wildman–Crippen MR) is 110 cm³/mol. The fourth-order valence-corrected chi connectivity index (χ4v) is 4.94. The molecule has 0 aliphatic carbocycles. The van der Waals surface area contributed by atoms with Crippen molar-refractivity contribution in [3.05, 3.63) is 48.0 Å². The summed E-state index contributed by atoms with van der Waals surface area (Å²) >= 11 is 0. The molecule has 2 fully saturated rings. The Morgan fingerprint density at radius 3 is 2.79 bits per heavy atom. The van der Waals surface area contributed by atoms with E-state index in [1.807, 2.05) is 42.7 Å². The number of carbonyl (C=O) groups is 1. The molecule has 1 spiro atoms. The van der Waals surface area contributed by atoms with E-state index in [-0.39, 0.29) is 11.3 Å². The van der Waals surface area contributed by atoms with Gasteiger partial charge in [0.05, 0.1) is 18.7 Å². The van der Waals surface area contributed by atoms with Crippen LogP contribution in [0.5, 0.6) is 0 Å². The highest BCUT2D eigenvalue weighted by Crippen LogP contribution is 2.44. The quantitative estimate of drug-likeness (QED) is 0.745. The van der Waals surface area contributed by atoms with Crippen LogP contribution in [-0.2, 0) is 29.5 Å². The van der Waals surface area contributed by atoms with Crippen LogP contribution in [-0.4, -0.2) is 69.9 Å². The number of aromatic nitrogens is 3. The lowest BCUT2D eigenvalue weighted by atomic mass is 9.76. The number of methoxy groups -OCH3 is 1. The van der Waals surface area contributed by atoms with Crippen LogP contribution in [0.4, 0.5) is 0 Å². The number of piperidine rings is 1. The molecule has 1 atom stereocenters. The van der Waals surface area contributed by atoms with Gasteiger partial charge in [0.1, 0.15) is 0 Å². The molecule has 2 aliphatic heterocycles. The van der Waals surface area contributed by atoms with Crippen molar-refractivity contribution in [1.82, 2.24) is 24.6 Å². The molecule has 0 aromatic carbocycles. The number of amides is 1. The highest BCUT2D eigenvalue weighted by Gasteiger charge is 2.45. The third-order valence-electron chi connectivity index (χ3n) is 6.47. The van der Waals surface area contributed by atoms with Crippen molar-refractivity contribution in [1.29, 1.82) is 0 Å². The summed E-state index contributed by atoms with van der Waals surface area (Å²) in [5, 5.41) is 4.34. The first-order valence-corrected chi connectivity index (χ1v) is 10.5. The maximum absolute atomic E-state index is 12.7. The van der Waals surface area contributed by atoms with Crippen LogP contribution in [0.2, 0.25) is 0 Å². The number of likely N-dealkylation sites (tertiary alicyclic amines) is 2. The lowest BCUT2D eigenvalue weighted by molar-refractivity contribution is -0.132. The summed E-state index contributed by atoms with van der Waals surface area (Å²) < 4.78 is 7.27. The number of carbonyl (C=O) groups excluding carboxylic acids is 1. The lowest BCUT2D eigenvalue weighted by Crippen LogP contribution is -2.44. The second kappa shape index (κ2) is 8.63. The van der Waals surface area contributed by atoms with Crippen LogP contribution in [0.25, 0.3) is 0 Å². The van der Waals surface area contributed by atoms with Crippen molar-refractivity contribution in [3.63, 3.8) is 0 Å². The second-order valence-corrected chi connectivity index (χ2v) is 8.62. The number of rotatable bonds is 6. The van der Waals surface area contributed by atoms with Crippen molar-refractivity contribution in [3.8, 4) is 0 Å². The van der Waals surface area contributed by atoms with Crippen LogP contribution in [0.1, 0.15) is 30.5 Å². The van der Waals surface area contributed by atoms with Gasteiger partial charge in [-0.15, -0.1) is 0 Å². The first-order chi connectivity index (χ1) is 14.1. The molecule has 2 aliphatic rings. The topological polar surface area (TPSA) is 63.5 Å². The lowest BCUT2D eigenvalue weighted by Gasteiger charge is -2.39. The monoisotopic (exact) mass is 397 g/mol. The number of hydrogen-bond donors (Lipinski definition) is 0. The zero-order valence-corrected chi connectivity index (χ0v) is 17.5. The van der Waals surface area contributed by atoms with E-state index in [1.165, 1.54) is 5.56 Å². The highest BCUT2D eigenvalue weighted by molar-refractivity contribution is 5.78. The zero-order valence-electron chi connectivity index (χ0n) is 17.5. The molecule has 1 amide bonds. The molecule has 2 aromatic rings. The van der Waals surface area contributed by atoms with Crippen LogP contribution in [0, 0.1) is 5.41 Å². The highest BCUT2D eigenvalue weighted by atomic mass is 16.5. The molecular weight excluding hydrogens is 366 g/mol. The van der Waals surface area contributed by atoms with Gasteiger partial charge in [0.25, 0.3) is 0 Å². The van der Waals surface area contributed by atoms with Gasteiger partial charge in [-0.2, -0.15) is 5.10 Å². The molecule has 0 unspecified atom stereocenters. The van der Waals surface area contributed by atoms with Gasteiger partial charge >= 0.3 is 0 Å². The first kappa shape index (κ1) is 20.0. The Bertz CT molecular complexity index is 814. The molecule has 0 radical (unpaired) electrons. The van der Waals surface area contributed by atoms with Crippen molar-refractivity contribution in [2.45, 2.75) is 38.3 Å². The second-order valence-electron chi connectivity index (χ2n) is 8.62. The summed E-state index contributed by atoms with van der Waals surface area (Å²) in [6.45, 7) is 4.41. The average molecular weight is 398 g/mol. The third-order valence-corrected chi connectivity index (χ3v) is 6.47. The van der Waals surface area contributed by atoms with Gasteiger partial charge in [0.15, 0.2) is 0 Å². The van der Waals surface area contributed by atoms with Crippen LogP contribution < -0.4 is 0 Å². The summed E-state index contributed by atoms with van der Waals surface area (Å²) in [5.74, 6) is 0.192. The zero-order chi connectivity index (χ0) is 20.3. The van der Waals surface area contributed by atoms with Gasteiger partial charge in [0.2, 0.25) is 5.91 Å². The summed E-state index contributed by atoms with van der Waals surface area (Å²) in [6.07, 6.45) is 9.32. The van der Waals surface area contributed by atoms with Crippen LogP contribution in [0.15, 0.2) is 36.8 Å². The molecule has 156 valence electrons. The third kappa shape index (κ3) is 4.67. The number of pyridine rings is 1. The minimum absolute atomic E-state index is 0.192. The van der Waals surface area contributed by atoms with Crippen molar-refractivity contribution >= 4 is 5.91 Å². The predicted octanol–water partition coefficient (Wildman–Crippen LogP) is 1.89. The Labute approximate surface area is 172 Å². The van der Waals surface area contributed by atoms with Crippen LogP contribution in [0.3, 0.4) is 0 Å². The van der Waals surface area contributed by atoms with Gasteiger partial charge in [0, 0.05) is 65.0 Å². The molecule has 0 bridgehead atoms. The Balaban J connectivity index is 1.36. The van der Waals surface area contributed by atoms with E-state index in [4.69, 9.17) is 4.74 Å². The van der Waals surface area contributed by atoms with E-state index < -0.39 is 0 Å². The summed E-state index contributed by atoms with van der Waals surface area (Å²) in [5.41, 5.74) is 2.38. The van der Waals surface area contributed by atoms with Gasteiger partial charge in [-0.3, -0.25) is 19.4 Å². The maximum atomic E-state index is 12.7. The molecule has 0 N–H and O–H groups in total. The van der Waals surface area contributed by atoms with Crippen molar-refractivity contribution < 1.29 is 9.53 Å². The smallest absolute Gasteiger partial charge is 0.228 e. The number of hydrogen-bond acceptors (Lipinski definition) is 5. The molecule has 2 saturated heterocycles. The molecule has 4 heterocycles. The molecule has 29 heavy (non-hydrogen) atoms. The van der Waals surface area contributed by atoms with Gasteiger partial charge < -0.3 is 9.64 Å². The van der Waals surface area contributed by atoms with E-state index in [0.717, 1.165) is 57.7 Å². The van der Waals surface area contributed by atoms with E-state index in [0.29, 0.717) is 12.5 Å². The minimum Gasteiger partial charge on any atom is -0.383 e. The molecular formula is C22H31N5O2. The molecule has 2 aromatic heterocycles. The summed E-state index contributed by atoms with van der Waals surface area (Å²) in [6, 6.07) is 6.49. The summed E-state index contributed by atoms with van der Waals surface area (Å²) in [4.78, 5) is 21.5. The largest absolute Gasteiger partial charge is 0.383 e. The normalized spacial score (nSPS) is 21.7. The maximum Gasteiger partial charge on any atom is 0.228 e. The average Bonchev–Trinajstić information content (AvgIpc) is 3.27. The SMILES string of the molecule is COC[C@H]1CC2(CCN(C(=O)Cc3ccn(C)n3)CC2)CN1Cc1cccnc1. The van der Waals surface area contributed by atoms with Crippen molar-refractivity contribution in [2.75, 3.05) is 33.4 Å². The van der Waals surface area contributed by atoms with Crippen LogP contribution >= 0.6 is 0 Å². The molecule has 7 nitrogen and oxygen atoms in total. The first-order valence-electron chi connectivity index (χ1n) is 10.5. The molecule has 4 rings (SSSR count). The molecule has 0 saturated carbocycles. The summed E-state index contributed by atoms with van der Waals surface area (Å²) in [7, 11) is 3.67. The van der Waals surface area contributed by atoms with E-state index >= 15 is 0 Å². The Kier molecular flexibility index (Phi) is 5.96. The van der Waals surface area contributed by atoms with E-state index in [2.05, 4.69) is 21.0 Å². The van der Waals surface area contributed by atoms with Crippen molar-refractivity contribution in [2.24, 2.45) is 12.5 Å². The number of ether oxygens (including phenoxy) is 1. The Hall–Kier alpha value is -2.25. The fourth-order valence-electron chi connectivity index (χ4n) is 4.94. The Morgan fingerprint density at radius 2 is 2.14 bits per heavy atom. The number of aryl methyl sites for hydroxylation is 1. The Morgan fingerprint density at radius 1 is 1.31 bits per heavy atom. The number of nitrogens with zero attached hydrogens (tertiary/aromatic N) is 5. The molecule has 7 heteroatoms. The van der Waals surface area contributed by atoms with Gasteiger partial charge in [-0.25, -0.2) is 0 Å². The standard InChI is InChI=1S/C22H31N5O2/c1-25-9-5-19(24-25)12-21(28)26-10-6-22(7-11-26)13-20(16-29-2)27(17-22)15-18-4-3-8-23-14-18/h3-5,8-9,14,20H,6-7,10-13,15-17H2,1-2H3/t20-/m1/s1. The minimum atomic E-state index is 0.192. The van der Waals surface area contributed by atoms with Gasteiger partial charge in [-0.1, -0.05) is 6.07 Å². The van der Waals surface area contributed by atoms with E-state index in [9.17, 15) is 4.79 Å². The fraction of sp³-hybridized carbons (Fsp3) is 0.591. The van der Waals surface area contributed by atoms with Gasteiger partial charge in [-0.05, 0) is 42.4 Å². The van der Waals surface area contributed by atoms with E-state index in [1.54, 1.807) is 11.8 Å².